The van der Waals surface area contributed by atoms with Crippen molar-refractivity contribution in [1.82, 2.24) is 28.6 Å². The SMILES string of the molecule is Cn1ccnc1CN1CC[C@H](n2c(=O)n(C3=CC=C(c4ccc(C(=O)O)cc4)CC3)c3cccnc32)C1. The highest BCUT2D eigenvalue weighted by Gasteiger charge is 2.30. The molecule has 1 N–H and O–H groups in total. The third kappa shape index (κ3) is 4.21. The maximum absolute atomic E-state index is 13.8. The number of aromatic nitrogens is 5. The van der Waals surface area contributed by atoms with Gasteiger partial charge in [-0.15, -0.1) is 0 Å². The average molecular weight is 497 g/mol. The quantitative estimate of drug-likeness (QED) is 0.436. The molecule has 188 valence electrons. The first-order valence-corrected chi connectivity index (χ1v) is 12.5. The maximum Gasteiger partial charge on any atom is 0.335 e. The molecule has 3 aromatic heterocycles. The molecule has 9 heteroatoms. The summed E-state index contributed by atoms with van der Waals surface area (Å²) in [7, 11) is 2.00. The number of carbonyl (C=O) groups is 1. The van der Waals surface area contributed by atoms with Gasteiger partial charge in [0.15, 0.2) is 5.65 Å². The molecule has 0 saturated carbocycles. The molecule has 0 unspecified atom stereocenters. The Bertz CT molecular complexity index is 1600. The summed E-state index contributed by atoms with van der Waals surface area (Å²) in [5, 5.41) is 9.15. The number of hydrogen-bond acceptors (Lipinski definition) is 5. The van der Waals surface area contributed by atoms with E-state index in [4.69, 9.17) is 5.11 Å². The zero-order chi connectivity index (χ0) is 25.5. The summed E-state index contributed by atoms with van der Waals surface area (Å²) in [5.41, 5.74) is 4.82. The highest BCUT2D eigenvalue weighted by Crippen LogP contribution is 2.31. The van der Waals surface area contributed by atoms with E-state index in [0.717, 1.165) is 66.3 Å². The van der Waals surface area contributed by atoms with E-state index in [0.29, 0.717) is 6.42 Å². The Hall–Kier alpha value is -4.24. The second kappa shape index (κ2) is 9.33. The molecule has 1 aliphatic carbocycles. The predicted octanol–water partition coefficient (Wildman–Crippen LogP) is 3.80. The van der Waals surface area contributed by atoms with Crippen LogP contribution in [0.5, 0.6) is 0 Å². The Morgan fingerprint density at radius 2 is 1.92 bits per heavy atom. The topological polar surface area (TPSA) is 98.2 Å². The van der Waals surface area contributed by atoms with E-state index in [2.05, 4.69) is 14.9 Å². The van der Waals surface area contributed by atoms with Gasteiger partial charge in [-0.25, -0.2) is 19.6 Å². The first-order valence-electron chi connectivity index (χ1n) is 12.5. The van der Waals surface area contributed by atoms with Crippen molar-refractivity contribution >= 4 is 28.4 Å². The van der Waals surface area contributed by atoms with Crippen LogP contribution >= 0.6 is 0 Å². The van der Waals surface area contributed by atoms with E-state index in [1.165, 1.54) is 0 Å². The van der Waals surface area contributed by atoms with Crippen LogP contribution in [0.25, 0.3) is 22.4 Å². The number of likely N-dealkylation sites (tertiary alicyclic amines) is 1. The Balaban J connectivity index is 1.30. The van der Waals surface area contributed by atoms with Crippen molar-refractivity contribution in [3.63, 3.8) is 0 Å². The first-order chi connectivity index (χ1) is 18.0. The molecule has 4 heterocycles. The molecule has 1 saturated heterocycles. The first kappa shape index (κ1) is 23.2. The van der Waals surface area contributed by atoms with Gasteiger partial charge in [-0.05, 0) is 60.7 Å². The predicted molar refractivity (Wildman–Crippen MR) is 141 cm³/mol. The summed E-state index contributed by atoms with van der Waals surface area (Å²) in [5.74, 6) is 0.0823. The molecule has 1 atom stereocenters. The van der Waals surface area contributed by atoms with Gasteiger partial charge in [-0.1, -0.05) is 18.2 Å². The number of carboxylic acid groups (broad SMARTS) is 1. The standard InChI is InChI=1S/C28H28N6O3/c1-31-16-14-29-25(31)18-32-15-12-23(17-32)34-26-24(3-2-13-30-26)33(28(34)37)22-10-8-20(9-11-22)19-4-6-21(7-5-19)27(35)36/h2-8,10,13-14,16,23H,9,11-12,15,17-18H2,1H3,(H,35,36)/t23-/m0/s1. The van der Waals surface area contributed by atoms with E-state index in [1.54, 1.807) is 18.3 Å². The van der Waals surface area contributed by atoms with E-state index in [1.807, 2.05) is 69.6 Å². The van der Waals surface area contributed by atoms with Crippen molar-refractivity contribution in [3.05, 3.63) is 94.6 Å². The molecule has 9 nitrogen and oxygen atoms in total. The fraction of sp³-hybridized carbons (Fsp3) is 0.286. The molecule has 0 amide bonds. The van der Waals surface area contributed by atoms with Crippen molar-refractivity contribution in [2.45, 2.75) is 31.8 Å². The van der Waals surface area contributed by atoms with Crippen LogP contribution in [0, 0.1) is 0 Å². The molecule has 1 aliphatic heterocycles. The monoisotopic (exact) mass is 496 g/mol. The van der Waals surface area contributed by atoms with E-state index >= 15 is 0 Å². The van der Waals surface area contributed by atoms with Crippen LogP contribution in [0.3, 0.4) is 0 Å². The molecule has 0 radical (unpaired) electrons. The van der Waals surface area contributed by atoms with Crippen LogP contribution in [-0.4, -0.2) is 52.7 Å². The Kier molecular flexibility index (Phi) is 5.84. The van der Waals surface area contributed by atoms with Crippen LogP contribution in [0.1, 0.15) is 47.1 Å². The van der Waals surface area contributed by atoms with Crippen LogP contribution in [-0.2, 0) is 13.6 Å². The molecule has 2 aliphatic rings. The molecule has 6 rings (SSSR count). The average Bonchev–Trinajstić information content (AvgIpc) is 3.61. The van der Waals surface area contributed by atoms with Gasteiger partial charge in [0, 0.05) is 44.4 Å². The fourth-order valence-corrected chi connectivity index (χ4v) is 5.45. The maximum atomic E-state index is 13.8. The summed E-state index contributed by atoms with van der Waals surface area (Å²) in [6, 6.07) is 10.8. The largest absolute Gasteiger partial charge is 0.478 e. The van der Waals surface area contributed by atoms with Gasteiger partial charge in [0.25, 0.3) is 0 Å². The van der Waals surface area contributed by atoms with E-state index in [9.17, 15) is 9.59 Å². The normalized spacial score (nSPS) is 18.2. The van der Waals surface area contributed by atoms with Gasteiger partial charge in [-0.2, -0.15) is 0 Å². The van der Waals surface area contributed by atoms with E-state index < -0.39 is 5.97 Å². The van der Waals surface area contributed by atoms with Crippen molar-refractivity contribution in [2.24, 2.45) is 7.05 Å². The Morgan fingerprint density at radius 1 is 1.08 bits per heavy atom. The Labute approximate surface area is 213 Å². The third-order valence-corrected chi connectivity index (χ3v) is 7.45. The highest BCUT2D eigenvalue weighted by atomic mass is 16.4. The van der Waals surface area contributed by atoms with Crippen molar-refractivity contribution in [1.29, 1.82) is 0 Å². The van der Waals surface area contributed by atoms with Crippen LogP contribution < -0.4 is 5.69 Å². The summed E-state index contributed by atoms with van der Waals surface area (Å²) >= 11 is 0. The van der Waals surface area contributed by atoms with Gasteiger partial charge in [0.05, 0.1) is 23.7 Å². The van der Waals surface area contributed by atoms with Crippen LogP contribution in [0.2, 0.25) is 0 Å². The zero-order valence-electron chi connectivity index (χ0n) is 20.6. The fourth-order valence-electron chi connectivity index (χ4n) is 5.45. The molecular formula is C28H28N6O3. The molecule has 0 bridgehead atoms. The highest BCUT2D eigenvalue weighted by molar-refractivity contribution is 5.88. The number of carboxylic acids is 1. The lowest BCUT2D eigenvalue weighted by molar-refractivity contribution is 0.0697. The minimum absolute atomic E-state index is 0.0496. The minimum atomic E-state index is -0.933. The number of fused-ring (bicyclic) bond motifs is 1. The smallest absolute Gasteiger partial charge is 0.335 e. The Morgan fingerprint density at radius 3 is 2.62 bits per heavy atom. The second-order valence-corrected chi connectivity index (χ2v) is 9.70. The lowest BCUT2D eigenvalue weighted by atomic mass is 9.95. The number of nitrogens with zero attached hydrogens (tertiary/aromatic N) is 6. The van der Waals surface area contributed by atoms with Crippen molar-refractivity contribution in [2.75, 3.05) is 13.1 Å². The van der Waals surface area contributed by atoms with Gasteiger partial charge in [0.1, 0.15) is 5.82 Å². The minimum Gasteiger partial charge on any atom is -0.478 e. The molecule has 0 spiro atoms. The molecule has 1 fully saturated rings. The summed E-state index contributed by atoms with van der Waals surface area (Å²) in [6.45, 7) is 2.43. The lowest BCUT2D eigenvalue weighted by Crippen LogP contribution is -2.30. The molecule has 4 aromatic rings. The number of pyridine rings is 1. The number of imidazole rings is 2. The van der Waals surface area contributed by atoms with Crippen LogP contribution in [0.4, 0.5) is 0 Å². The number of hydrogen-bond donors (Lipinski definition) is 1. The lowest BCUT2D eigenvalue weighted by Gasteiger charge is -2.17. The zero-order valence-corrected chi connectivity index (χ0v) is 20.6. The van der Waals surface area contributed by atoms with Gasteiger partial charge >= 0.3 is 11.7 Å². The number of aryl methyl sites for hydroxylation is 1. The second-order valence-electron chi connectivity index (χ2n) is 9.70. The molecule has 1 aromatic carbocycles. The summed E-state index contributed by atoms with van der Waals surface area (Å²) < 4.78 is 5.72. The molecule has 37 heavy (non-hydrogen) atoms. The number of benzene rings is 1. The van der Waals surface area contributed by atoms with Gasteiger partial charge in [0.2, 0.25) is 0 Å². The summed E-state index contributed by atoms with van der Waals surface area (Å²) in [6.07, 6.45) is 11.9. The van der Waals surface area contributed by atoms with Gasteiger partial charge in [-0.3, -0.25) is 14.0 Å². The van der Waals surface area contributed by atoms with Crippen LogP contribution in [0.15, 0.2) is 71.9 Å². The van der Waals surface area contributed by atoms with Crippen molar-refractivity contribution in [3.8, 4) is 0 Å². The number of rotatable bonds is 6. The summed E-state index contributed by atoms with van der Waals surface area (Å²) in [4.78, 5) is 36.4. The van der Waals surface area contributed by atoms with E-state index in [-0.39, 0.29) is 17.3 Å². The molecular weight excluding hydrogens is 468 g/mol. The van der Waals surface area contributed by atoms with Gasteiger partial charge < -0.3 is 9.67 Å². The van der Waals surface area contributed by atoms with Crippen molar-refractivity contribution < 1.29 is 9.90 Å². The third-order valence-electron chi connectivity index (χ3n) is 7.45. The number of aromatic carboxylic acids is 1. The number of allylic oxidation sites excluding steroid dienone is 4.